The number of benzene rings is 2. The quantitative estimate of drug-likeness (QED) is 0.135. The number of phenolic OH excluding ortho intramolecular Hbond substituents is 3. The monoisotopic (exact) mass is 623 g/mol. The number of aldehydes is 1. The molecule has 1 heterocycles. The van der Waals surface area contributed by atoms with E-state index in [0.29, 0.717) is 0 Å². The van der Waals surface area contributed by atoms with Crippen LogP contribution in [-0.2, 0) is 0 Å². The van der Waals surface area contributed by atoms with Crippen molar-refractivity contribution < 1.29 is 48.8 Å². The van der Waals surface area contributed by atoms with Crippen LogP contribution in [-0.4, -0.2) is 55.7 Å². The van der Waals surface area contributed by atoms with Crippen LogP contribution in [0.25, 0.3) is 0 Å². The topological polar surface area (TPSA) is 185 Å². The number of nitrogens with zero attached hydrogens (tertiary/aromatic N) is 1. The Bertz CT molecular complexity index is 2010. The maximum absolute atomic E-state index is 14.3. The molecule has 0 bridgehead atoms. The van der Waals surface area contributed by atoms with Crippen molar-refractivity contribution in [1.82, 2.24) is 4.98 Å². The summed E-state index contributed by atoms with van der Waals surface area (Å²) in [5.74, 6) is -7.88. The second-order valence-corrected chi connectivity index (χ2v) is 11.7. The number of allylic oxidation sites excluding steroid dienone is 4. The third kappa shape index (κ3) is 4.54. The van der Waals surface area contributed by atoms with Gasteiger partial charge in [0.1, 0.15) is 0 Å². The van der Waals surface area contributed by atoms with Crippen molar-refractivity contribution in [3.63, 3.8) is 0 Å². The Hall–Kier alpha value is -5.71. The zero-order chi connectivity index (χ0) is 33.9. The highest BCUT2D eigenvalue weighted by atomic mass is 16.5. The molecule has 11 nitrogen and oxygen atoms in total. The molecule has 0 atom stereocenters. The fourth-order valence-corrected chi connectivity index (χ4v) is 6.09. The summed E-state index contributed by atoms with van der Waals surface area (Å²) in [5, 5.41) is 32.5. The van der Waals surface area contributed by atoms with E-state index < -0.39 is 86.2 Å². The number of phenols is 3. The lowest BCUT2D eigenvalue weighted by molar-refractivity contribution is 0.0727. The number of Topliss-reactive ketones (excluding diaryl/α,β-unsaturated/α-hetero) is 4. The van der Waals surface area contributed by atoms with Crippen LogP contribution >= 0.6 is 0 Å². The van der Waals surface area contributed by atoms with E-state index >= 15 is 0 Å². The fourth-order valence-electron chi connectivity index (χ4n) is 6.09. The summed E-state index contributed by atoms with van der Waals surface area (Å²) < 4.78 is 5.44. The molecule has 5 rings (SSSR count). The van der Waals surface area contributed by atoms with Gasteiger partial charge in [0.2, 0.25) is 0 Å². The van der Waals surface area contributed by atoms with Gasteiger partial charge in [-0.3, -0.25) is 29.0 Å². The fraction of sp³-hybridized carbons (Fsp3) is 0.229. The molecule has 0 amide bonds. The number of carbonyl (C=O) groups excluding carboxylic acids is 6. The number of ketones is 4. The number of carbonyl (C=O) groups is 6. The number of rotatable bonds is 6. The third-order valence-electron chi connectivity index (χ3n) is 8.26. The van der Waals surface area contributed by atoms with Gasteiger partial charge in [-0.05, 0) is 43.9 Å². The summed E-state index contributed by atoms with van der Waals surface area (Å²) in [7, 11) is 0. The minimum Gasteiger partial charge on any atom is -0.504 e. The summed E-state index contributed by atoms with van der Waals surface area (Å²) in [6, 6.07) is 3.97. The van der Waals surface area contributed by atoms with Gasteiger partial charge in [-0.1, -0.05) is 27.7 Å². The number of fused-ring (bicyclic) bond motifs is 2. The van der Waals surface area contributed by atoms with Crippen molar-refractivity contribution in [3.8, 4) is 23.0 Å². The number of ether oxygens (including phenoxy) is 1. The van der Waals surface area contributed by atoms with Gasteiger partial charge in [0, 0.05) is 68.1 Å². The number of pyridine rings is 1. The maximum Gasteiger partial charge on any atom is 0.345 e. The molecule has 234 valence electrons. The van der Waals surface area contributed by atoms with Crippen molar-refractivity contribution in [2.45, 2.75) is 53.4 Å². The molecular weight excluding hydrogens is 594 g/mol. The maximum atomic E-state index is 14.3. The van der Waals surface area contributed by atoms with Crippen LogP contribution in [0.2, 0.25) is 0 Å². The van der Waals surface area contributed by atoms with Crippen LogP contribution < -0.4 is 4.74 Å². The molecule has 46 heavy (non-hydrogen) atoms. The van der Waals surface area contributed by atoms with Crippen molar-refractivity contribution in [3.05, 3.63) is 97.4 Å². The lowest BCUT2D eigenvalue weighted by atomic mass is 9.71. The molecule has 0 unspecified atom stereocenters. The minimum atomic E-state index is -0.976. The van der Waals surface area contributed by atoms with Crippen LogP contribution in [0.4, 0.5) is 0 Å². The van der Waals surface area contributed by atoms with E-state index in [1.807, 2.05) is 0 Å². The molecule has 1 aromatic heterocycles. The summed E-state index contributed by atoms with van der Waals surface area (Å²) in [5.41, 5.74) is -3.07. The normalized spacial score (nSPS) is 14.7. The largest absolute Gasteiger partial charge is 0.504 e. The highest BCUT2D eigenvalue weighted by Crippen LogP contribution is 2.48. The molecule has 0 fully saturated rings. The molecule has 0 radical (unpaired) electrons. The van der Waals surface area contributed by atoms with Gasteiger partial charge < -0.3 is 20.1 Å². The molecule has 0 aliphatic heterocycles. The molecule has 0 saturated carbocycles. The van der Waals surface area contributed by atoms with Crippen molar-refractivity contribution >= 4 is 35.4 Å². The van der Waals surface area contributed by atoms with Crippen molar-refractivity contribution in [2.75, 3.05) is 0 Å². The van der Waals surface area contributed by atoms with Crippen LogP contribution in [0.1, 0.15) is 127 Å². The summed E-state index contributed by atoms with van der Waals surface area (Å²) >= 11 is 0. The number of hydrogen-bond donors (Lipinski definition) is 3. The molecule has 2 aliphatic rings. The van der Waals surface area contributed by atoms with Gasteiger partial charge in [-0.15, -0.1) is 0 Å². The average molecular weight is 624 g/mol. The standard InChI is InChI=1S/C35H29NO10/c1-13(2)21-25-18(10-20(32(21)42)46-35(45)17-8-7-9-36-11-17)30(40)23(15(5)28(25)38)24-16(6)29(39)27-22(14(3)4)34(44)31(41)19(12-37)26(27)33(24)43/h7-14,41-42,44H,1-6H3. The predicted molar refractivity (Wildman–Crippen MR) is 163 cm³/mol. The van der Waals surface area contributed by atoms with Crippen molar-refractivity contribution in [2.24, 2.45) is 0 Å². The lowest BCUT2D eigenvalue weighted by Crippen LogP contribution is -2.31. The Morgan fingerprint density at radius 1 is 0.783 bits per heavy atom. The molecule has 2 aromatic carbocycles. The van der Waals surface area contributed by atoms with E-state index in [-0.39, 0.29) is 50.8 Å². The highest BCUT2D eigenvalue weighted by Gasteiger charge is 2.44. The first-order chi connectivity index (χ1) is 21.6. The molecule has 2 aliphatic carbocycles. The first kappa shape index (κ1) is 31.7. The predicted octanol–water partition coefficient (Wildman–Crippen LogP) is 5.57. The number of esters is 1. The average Bonchev–Trinajstić information content (AvgIpc) is 3.01. The first-order valence-corrected chi connectivity index (χ1v) is 14.3. The van der Waals surface area contributed by atoms with Crippen LogP contribution in [0.15, 0.2) is 52.9 Å². The zero-order valence-electron chi connectivity index (χ0n) is 25.8. The Kier molecular flexibility index (Phi) is 7.81. The van der Waals surface area contributed by atoms with E-state index in [1.165, 1.54) is 38.4 Å². The summed E-state index contributed by atoms with van der Waals surface area (Å²) in [6.45, 7) is 9.16. The Labute approximate surface area is 262 Å². The summed E-state index contributed by atoms with van der Waals surface area (Å²) in [4.78, 5) is 85.2. The third-order valence-corrected chi connectivity index (χ3v) is 8.26. The lowest BCUT2D eigenvalue weighted by Gasteiger charge is -2.29. The first-order valence-electron chi connectivity index (χ1n) is 14.3. The van der Waals surface area contributed by atoms with Crippen LogP contribution in [0, 0.1) is 0 Å². The van der Waals surface area contributed by atoms with E-state index in [1.54, 1.807) is 27.7 Å². The smallest absolute Gasteiger partial charge is 0.345 e. The Morgan fingerprint density at radius 2 is 1.35 bits per heavy atom. The van der Waals surface area contributed by atoms with E-state index in [9.17, 15) is 44.1 Å². The molecule has 3 N–H and O–H groups in total. The second kappa shape index (κ2) is 11.3. The van der Waals surface area contributed by atoms with Crippen molar-refractivity contribution in [1.29, 1.82) is 0 Å². The van der Waals surface area contributed by atoms with Gasteiger partial charge in [-0.25, -0.2) is 4.79 Å². The molecule has 3 aromatic rings. The number of hydrogen-bond acceptors (Lipinski definition) is 11. The minimum absolute atomic E-state index is 0.0375. The molecular formula is C35H29NO10. The van der Waals surface area contributed by atoms with Gasteiger partial charge in [0.15, 0.2) is 52.4 Å². The molecule has 0 spiro atoms. The number of aromatic nitrogens is 1. The van der Waals surface area contributed by atoms with Gasteiger partial charge in [-0.2, -0.15) is 0 Å². The van der Waals surface area contributed by atoms with Gasteiger partial charge >= 0.3 is 5.97 Å². The molecule has 0 saturated heterocycles. The van der Waals surface area contributed by atoms with Gasteiger partial charge in [0.05, 0.1) is 11.1 Å². The van der Waals surface area contributed by atoms with Gasteiger partial charge in [0.25, 0.3) is 0 Å². The van der Waals surface area contributed by atoms with Crippen LogP contribution in [0.5, 0.6) is 23.0 Å². The SMILES string of the molecule is CC1=C(C2=C(C)C(=O)c3c(c(C=O)c(O)c(O)c3C(C)C)C2=O)C(=O)c2cc(OC(=O)c3cccnc3)c(O)c(C(C)C)c2C1=O. The van der Waals surface area contributed by atoms with E-state index in [4.69, 9.17) is 4.74 Å². The Morgan fingerprint density at radius 3 is 1.89 bits per heavy atom. The Balaban J connectivity index is 1.75. The van der Waals surface area contributed by atoms with Crippen LogP contribution in [0.3, 0.4) is 0 Å². The summed E-state index contributed by atoms with van der Waals surface area (Å²) in [6.07, 6.45) is 2.82. The highest BCUT2D eigenvalue weighted by molar-refractivity contribution is 6.38. The second-order valence-electron chi connectivity index (χ2n) is 11.7. The zero-order valence-corrected chi connectivity index (χ0v) is 25.8. The van der Waals surface area contributed by atoms with E-state index in [0.717, 1.165) is 6.07 Å². The number of aromatic hydroxyl groups is 3. The molecule has 11 heteroatoms. The van der Waals surface area contributed by atoms with E-state index in [2.05, 4.69) is 4.98 Å².